The van der Waals surface area contributed by atoms with Crippen molar-refractivity contribution >= 4 is 57.6 Å². The topological polar surface area (TPSA) is 6.48 Å². The van der Waals surface area contributed by atoms with Gasteiger partial charge in [0.1, 0.15) is 0 Å². The van der Waals surface area contributed by atoms with E-state index < -0.39 is 0 Å². The molecule has 392 valence electrons. The molecule has 2 nitrogen and oxygen atoms in total. The summed E-state index contributed by atoms with van der Waals surface area (Å²) in [5, 5.41) is 0. The standard InChI is InChI=1S/C78H58N2S2/c1-77(2)69-25-13-11-21-65(69)67-47-45-61(49-71(67)77)79(57-37-29-53(30-38-57)51-17-7-5-8-18-51)59-41-33-55(34-42-59)63-23-15-27-73-75(63)82-76-64(24-16-28-74(76)81-73)56-35-43-60(44-36-56)80(58-39-31-54(32-40-58)52-19-9-6-10-20-52)62-46-48-68-66-22-12-14-26-70(66)78(3,4)72(68)50-62/h5-50H,1-4H3. The lowest BCUT2D eigenvalue weighted by Crippen LogP contribution is -2.16. The zero-order valence-electron chi connectivity index (χ0n) is 46.3. The van der Waals surface area contributed by atoms with Gasteiger partial charge in [0.15, 0.2) is 0 Å². The number of rotatable bonds is 10. The summed E-state index contributed by atoms with van der Waals surface area (Å²) in [5.41, 5.74) is 27.0. The zero-order valence-corrected chi connectivity index (χ0v) is 47.9. The highest BCUT2D eigenvalue weighted by molar-refractivity contribution is 8.05. The van der Waals surface area contributed by atoms with Crippen LogP contribution in [0.3, 0.4) is 0 Å². The highest BCUT2D eigenvalue weighted by Gasteiger charge is 2.37. The zero-order chi connectivity index (χ0) is 55.1. The number of hydrogen-bond donors (Lipinski definition) is 0. The summed E-state index contributed by atoms with van der Waals surface area (Å²) in [7, 11) is 0. The molecule has 0 radical (unpaired) electrons. The molecule has 1 aliphatic heterocycles. The van der Waals surface area contributed by atoms with Gasteiger partial charge in [-0.25, -0.2) is 0 Å². The third-order valence-electron chi connectivity index (χ3n) is 17.4. The molecule has 2 aliphatic carbocycles. The van der Waals surface area contributed by atoms with Crippen molar-refractivity contribution in [1.82, 2.24) is 0 Å². The van der Waals surface area contributed by atoms with Gasteiger partial charge in [-0.15, -0.1) is 0 Å². The van der Waals surface area contributed by atoms with Crippen LogP contribution < -0.4 is 9.80 Å². The quantitative estimate of drug-likeness (QED) is 0.135. The van der Waals surface area contributed by atoms with E-state index in [4.69, 9.17) is 0 Å². The SMILES string of the molecule is CC1(C)c2ccccc2-c2ccc(N(c3ccc(-c4ccccc4)cc3)c3ccc(-c4cccc5c4Sc4c(cccc4-c4ccc(N(c6ccc(-c7ccccc7)cc6)c6ccc7c(c6)C(C)(C)c6ccccc6-7)cc4)S5)cc3)cc21. The van der Waals surface area contributed by atoms with Crippen LogP contribution in [0.4, 0.5) is 34.1 Å². The molecule has 0 unspecified atom stereocenters. The highest BCUT2D eigenvalue weighted by atomic mass is 32.2. The van der Waals surface area contributed by atoms with Gasteiger partial charge in [0.05, 0.1) is 0 Å². The van der Waals surface area contributed by atoms with Crippen molar-refractivity contribution in [3.05, 3.63) is 301 Å². The number of anilines is 6. The molecule has 4 heteroatoms. The fourth-order valence-corrected chi connectivity index (χ4v) is 15.7. The van der Waals surface area contributed by atoms with E-state index in [1.54, 1.807) is 0 Å². The minimum atomic E-state index is -0.120. The van der Waals surface area contributed by atoms with E-state index in [0.717, 1.165) is 34.1 Å². The van der Waals surface area contributed by atoms with Crippen molar-refractivity contribution in [2.24, 2.45) is 0 Å². The molecule has 0 saturated heterocycles. The molecular formula is C78H58N2S2. The Morgan fingerprint density at radius 3 is 0.927 bits per heavy atom. The van der Waals surface area contributed by atoms with Crippen LogP contribution >= 0.6 is 23.5 Å². The Hall–Kier alpha value is -9.06. The van der Waals surface area contributed by atoms with E-state index in [1.807, 2.05) is 23.5 Å². The molecule has 0 aromatic heterocycles. The largest absolute Gasteiger partial charge is 0.310 e. The van der Waals surface area contributed by atoms with Gasteiger partial charge in [0.2, 0.25) is 0 Å². The van der Waals surface area contributed by atoms with Crippen molar-refractivity contribution in [3.8, 4) is 66.8 Å². The molecule has 3 aliphatic rings. The van der Waals surface area contributed by atoms with Crippen molar-refractivity contribution in [2.75, 3.05) is 9.80 Å². The first kappa shape index (κ1) is 49.9. The van der Waals surface area contributed by atoms with E-state index in [0.29, 0.717) is 0 Å². The Morgan fingerprint density at radius 2 is 0.537 bits per heavy atom. The van der Waals surface area contributed by atoms with E-state index >= 15 is 0 Å². The van der Waals surface area contributed by atoms with Gasteiger partial charge in [-0.2, -0.15) is 0 Å². The molecule has 0 fully saturated rings. The summed E-state index contributed by atoms with van der Waals surface area (Å²) >= 11 is 3.78. The molecular weight excluding hydrogens is 1030 g/mol. The monoisotopic (exact) mass is 1090 g/mol. The first-order valence-corrected chi connectivity index (χ1v) is 30.0. The van der Waals surface area contributed by atoms with Gasteiger partial charge in [0, 0.05) is 64.5 Å². The molecule has 12 aromatic carbocycles. The van der Waals surface area contributed by atoms with Crippen LogP contribution in [-0.4, -0.2) is 0 Å². The molecule has 0 N–H and O–H groups in total. The van der Waals surface area contributed by atoms with Gasteiger partial charge >= 0.3 is 0 Å². The molecule has 0 bridgehead atoms. The van der Waals surface area contributed by atoms with Crippen molar-refractivity contribution < 1.29 is 0 Å². The van der Waals surface area contributed by atoms with Crippen molar-refractivity contribution in [3.63, 3.8) is 0 Å². The maximum Gasteiger partial charge on any atom is 0.0465 e. The van der Waals surface area contributed by atoms with Crippen LogP contribution in [0.25, 0.3) is 66.8 Å². The van der Waals surface area contributed by atoms with Crippen LogP contribution in [0.2, 0.25) is 0 Å². The second-order valence-corrected chi connectivity index (χ2v) is 25.0. The summed E-state index contributed by atoms with van der Waals surface area (Å²) in [6.45, 7) is 9.45. The van der Waals surface area contributed by atoms with Crippen LogP contribution in [0.15, 0.2) is 299 Å². The lowest BCUT2D eigenvalue weighted by Gasteiger charge is -2.29. The Balaban J connectivity index is 0.759. The molecule has 1 heterocycles. The third-order valence-corrected chi connectivity index (χ3v) is 20.0. The predicted molar refractivity (Wildman–Crippen MR) is 347 cm³/mol. The number of fused-ring (bicyclic) bond motifs is 8. The lowest BCUT2D eigenvalue weighted by molar-refractivity contribution is 0.660. The molecule has 0 atom stereocenters. The normalized spacial score (nSPS) is 13.7. The number of hydrogen-bond acceptors (Lipinski definition) is 4. The van der Waals surface area contributed by atoms with E-state index in [2.05, 4.69) is 317 Å². The molecule has 12 aromatic rings. The first-order valence-electron chi connectivity index (χ1n) is 28.4. The fraction of sp³-hybridized carbons (Fsp3) is 0.0769. The van der Waals surface area contributed by atoms with E-state index in [-0.39, 0.29) is 10.8 Å². The summed E-state index contributed by atoms with van der Waals surface area (Å²) in [4.78, 5) is 9.98. The van der Waals surface area contributed by atoms with E-state index in [1.165, 1.54) is 109 Å². The van der Waals surface area contributed by atoms with Crippen LogP contribution in [-0.2, 0) is 10.8 Å². The second-order valence-electron chi connectivity index (χ2n) is 22.9. The Morgan fingerprint density at radius 1 is 0.232 bits per heavy atom. The van der Waals surface area contributed by atoms with Gasteiger partial charge in [0.25, 0.3) is 0 Å². The Bertz CT molecular complexity index is 4130. The maximum absolute atomic E-state index is 2.42. The minimum Gasteiger partial charge on any atom is -0.310 e. The van der Waals surface area contributed by atoms with E-state index in [9.17, 15) is 0 Å². The molecule has 15 rings (SSSR count). The highest BCUT2D eigenvalue weighted by Crippen LogP contribution is 2.56. The molecule has 0 spiro atoms. The fourth-order valence-electron chi connectivity index (χ4n) is 13.1. The maximum atomic E-state index is 2.42. The third kappa shape index (κ3) is 8.43. The van der Waals surface area contributed by atoms with Crippen LogP contribution in [0, 0.1) is 0 Å². The average molecular weight is 1090 g/mol. The lowest BCUT2D eigenvalue weighted by atomic mass is 9.82. The summed E-state index contributed by atoms with van der Waals surface area (Å²) in [6.07, 6.45) is 0. The molecule has 82 heavy (non-hydrogen) atoms. The van der Waals surface area contributed by atoms with Crippen molar-refractivity contribution in [2.45, 2.75) is 58.1 Å². The Labute approximate surface area is 490 Å². The predicted octanol–water partition coefficient (Wildman–Crippen LogP) is 22.5. The van der Waals surface area contributed by atoms with Crippen LogP contribution in [0.5, 0.6) is 0 Å². The van der Waals surface area contributed by atoms with Gasteiger partial charge in [-0.1, -0.05) is 245 Å². The van der Waals surface area contributed by atoms with Gasteiger partial charge < -0.3 is 9.80 Å². The second kappa shape index (κ2) is 19.9. The number of nitrogens with zero attached hydrogens (tertiary/aromatic N) is 2. The Kier molecular flexibility index (Phi) is 12.1. The number of benzene rings is 12. The average Bonchev–Trinajstić information content (AvgIpc) is 3.40. The van der Waals surface area contributed by atoms with Gasteiger partial charge in [-0.05, 0) is 174 Å². The minimum absolute atomic E-state index is 0.120. The molecule has 0 amide bonds. The van der Waals surface area contributed by atoms with Gasteiger partial charge in [-0.3, -0.25) is 0 Å². The van der Waals surface area contributed by atoms with Crippen molar-refractivity contribution in [1.29, 1.82) is 0 Å². The first-order chi connectivity index (χ1) is 40.2. The summed E-state index contributed by atoms with van der Waals surface area (Å²) in [6, 6.07) is 103. The summed E-state index contributed by atoms with van der Waals surface area (Å²) < 4.78 is 0. The molecule has 0 saturated carbocycles. The van der Waals surface area contributed by atoms with Crippen LogP contribution in [0.1, 0.15) is 49.9 Å². The summed E-state index contributed by atoms with van der Waals surface area (Å²) in [5.74, 6) is 0. The smallest absolute Gasteiger partial charge is 0.0465 e.